The van der Waals surface area contributed by atoms with Crippen molar-refractivity contribution in [3.8, 4) is 0 Å². The van der Waals surface area contributed by atoms with Crippen LogP contribution in [0.4, 0.5) is 0 Å². The predicted molar refractivity (Wildman–Crippen MR) is 143 cm³/mol. The van der Waals surface area contributed by atoms with E-state index in [0.717, 1.165) is 11.8 Å². The van der Waals surface area contributed by atoms with Crippen molar-refractivity contribution in [2.45, 2.75) is 62.3 Å². The van der Waals surface area contributed by atoms with Gasteiger partial charge >= 0.3 is 35.6 Å². The van der Waals surface area contributed by atoms with Crippen LogP contribution in [0.1, 0.15) is 55.5 Å². The average Bonchev–Trinajstić information content (AvgIpc) is 3.21. The minimum atomic E-state index is -0.556. The van der Waals surface area contributed by atoms with Gasteiger partial charge in [0, 0.05) is 0 Å². The Morgan fingerprint density at radius 3 is 1.71 bits per heavy atom. The van der Waals surface area contributed by atoms with Crippen LogP contribution in [0.2, 0.25) is 0 Å². The van der Waals surface area contributed by atoms with Gasteiger partial charge in [0.25, 0.3) is 0 Å². The van der Waals surface area contributed by atoms with Gasteiger partial charge in [0.05, 0.1) is 0 Å². The van der Waals surface area contributed by atoms with E-state index in [2.05, 4.69) is 98.7 Å². The van der Waals surface area contributed by atoms with Crippen molar-refractivity contribution in [1.82, 2.24) is 0 Å². The average molecular weight is 513 g/mol. The number of hydrogen-bond donors (Lipinski definition) is 0. The first-order valence-electron chi connectivity index (χ1n) is 11.1. The van der Waals surface area contributed by atoms with E-state index < -0.39 is 17.0 Å². The molecule has 0 aromatic heterocycles. The molecule has 0 spiro atoms. The zero-order chi connectivity index (χ0) is 23.7. The van der Waals surface area contributed by atoms with Gasteiger partial charge in [-0.15, -0.1) is 40.3 Å². The zero-order valence-electron chi connectivity index (χ0n) is 20.7. The molecule has 172 valence electrons. The summed E-state index contributed by atoms with van der Waals surface area (Å²) in [6.07, 6.45) is 2.73. The molecule has 0 saturated carbocycles. The van der Waals surface area contributed by atoms with E-state index in [1.165, 1.54) is 50.9 Å². The number of benzene rings is 1. The molecule has 0 radical (unpaired) electrons. The van der Waals surface area contributed by atoms with Crippen LogP contribution in [-0.2, 0) is 17.0 Å². The van der Waals surface area contributed by atoms with Gasteiger partial charge in [-0.25, -0.2) is 0 Å². The van der Waals surface area contributed by atoms with Crippen LogP contribution < -0.4 is 5.30 Å². The number of halogens is 2. The second-order valence-corrected chi connectivity index (χ2v) is 14.1. The van der Waals surface area contributed by atoms with Crippen molar-refractivity contribution < 1.29 is 17.0 Å². The molecule has 0 amide bonds. The first-order chi connectivity index (χ1) is 14.5. The fourth-order valence-corrected chi connectivity index (χ4v) is 6.87. The van der Waals surface area contributed by atoms with Gasteiger partial charge in [0.1, 0.15) is 0 Å². The van der Waals surface area contributed by atoms with Gasteiger partial charge in [0.2, 0.25) is 0 Å². The number of rotatable bonds is 5. The molecule has 0 bridgehead atoms. The van der Waals surface area contributed by atoms with Gasteiger partial charge in [-0.2, -0.15) is 33.9 Å². The van der Waals surface area contributed by atoms with Gasteiger partial charge in [0.15, 0.2) is 0 Å². The second kappa shape index (κ2) is 14.2. The summed E-state index contributed by atoms with van der Waals surface area (Å²) < 4.78 is 0. The van der Waals surface area contributed by atoms with Crippen LogP contribution >= 0.6 is 26.5 Å². The SMILES string of the molecule is CC(C)CP(CC(C)C)c1cc2ccccc2[cH-]1.Cc1c(C)c(C)[c-](C)c1C.[Cl][Ti][Cl]. The molecule has 0 aliphatic heterocycles. The summed E-state index contributed by atoms with van der Waals surface area (Å²) >= 11 is -0.556. The maximum absolute atomic E-state index is 4.89. The van der Waals surface area contributed by atoms with Crippen molar-refractivity contribution in [3.63, 3.8) is 0 Å². The summed E-state index contributed by atoms with van der Waals surface area (Å²) in [4.78, 5) is 0. The molecule has 0 nitrogen and oxygen atoms in total. The molecule has 3 aromatic carbocycles. The fourth-order valence-electron chi connectivity index (χ4n) is 3.89. The third kappa shape index (κ3) is 8.99. The third-order valence-electron chi connectivity index (χ3n) is 5.95. The Labute approximate surface area is 209 Å². The Bertz CT molecular complexity index is 798. The fraction of sp³-hybridized carbons (Fsp3) is 0.481. The van der Waals surface area contributed by atoms with Gasteiger partial charge in [-0.3, -0.25) is 0 Å². The Kier molecular flexibility index (Phi) is 13.3. The Morgan fingerprint density at radius 2 is 1.35 bits per heavy atom. The Balaban J connectivity index is 0.000000311. The van der Waals surface area contributed by atoms with E-state index in [0.29, 0.717) is 0 Å². The van der Waals surface area contributed by atoms with Crippen LogP contribution in [-0.4, -0.2) is 12.3 Å². The van der Waals surface area contributed by atoms with E-state index in [-0.39, 0.29) is 7.92 Å². The molecule has 0 N–H and O–H groups in total. The quantitative estimate of drug-likeness (QED) is 0.181. The summed E-state index contributed by atoms with van der Waals surface area (Å²) in [6.45, 7) is 20.4. The topological polar surface area (TPSA) is 0 Å². The normalized spacial score (nSPS) is 10.9. The standard InChI is InChI=1S/C17H24P.C10H15.2ClH.Ti/c1-13(2)11-18(12-14(3)4)17-9-15-7-5-6-8-16(15)10-17;1-6-7(2)9(4)10(5)8(6)3;;;/h5-10,13-14H,11-12H2,1-4H3;1-5H3;2*1H;/q2*-1;;;+2/p-2. The Morgan fingerprint density at radius 1 is 0.903 bits per heavy atom. The van der Waals surface area contributed by atoms with Crippen LogP contribution in [0.3, 0.4) is 0 Å². The second-order valence-electron chi connectivity index (χ2n) is 9.23. The van der Waals surface area contributed by atoms with Crippen LogP contribution in [0.25, 0.3) is 10.8 Å². The van der Waals surface area contributed by atoms with E-state index in [1.54, 1.807) is 5.30 Å². The van der Waals surface area contributed by atoms with Gasteiger partial charge in [-0.1, -0.05) is 76.3 Å². The number of fused-ring (bicyclic) bond motifs is 1. The van der Waals surface area contributed by atoms with E-state index >= 15 is 0 Å². The van der Waals surface area contributed by atoms with Crippen molar-refractivity contribution in [2.75, 3.05) is 12.3 Å². The van der Waals surface area contributed by atoms with Crippen LogP contribution in [0, 0.1) is 46.5 Å². The summed E-state index contributed by atoms with van der Waals surface area (Å²) in [5.74, 6) is 1.60. The van der Waals surface area contributed by atoms with Crippen LogP contribution in [0.15, 0.2) is 36.4 Å². The van der Waals surface area contributed by atoms with Gasteiger partial charge < -0.3 is 0 Å². The van der Waals surface area contributed by atoms with E-state index in [9.17, 15) is 0 Å². The molecule has 0 aliphatic rings. The molecular formula is C27H39Cl2PTi-2. The molecule has 0 aliphatic carbocycles. The maximum atomic E-state index is 4.89. The number of hydrogen-bond acceptors (Lipinski definition) is 0. The van der Waals surface area contributed by atoms with E-state index in [4.69, 9.17) is 18.6 Å². The van der Waals surface area contributed by atoms with Crippen molar-refractivity contribution in [3.05, 3.63) is 64.2 Å². The first kappa shape index (κ1) is 28.9. The zero-order valence-corrected chi connectivity index (χ0v) is 24.7. The summed E-state index contributed by atoms with van der Waals surface area (Å²) in [6, 6.07) is 13.6. The van der Waals surface area contributed by atoms with E-state index in [1.807, 2.05) is 0 Å². The monoisotopic (exact) mass is 512 g/mol. The molecule has 3 aromatic rings. The van der Waals surface area contributed by atoms with Crippen molar-refractivity contribution in [2.24, 2.45) is 11.8 Å². The molecule has 0 fully saturated rings. The summed E-state index contributed by atoms with van der Waals surface area (Å²) in [7, 11) is 9.80. The van der Waals surface area contributed by atoms with Crippen molar-refractivity contribution in [1.29, 1.82) is 0 Å². The molecule has 4 heteroatoms. The van der Waals surface area contributed by atoms with Crippen LogP contribution in [0.5, 0.6) is 0 Å². The minimum absolute atomic E-state index is 0.0185. The molecule has 3 rings (SSSR count). The third-order valence-corrected chi connectivity index (χ3v) is 9.28. The summed E-state index contributed by atoms with van der Waals surface area (Å²) in [5.41, 5.74) is 7.34. The molecule has 31 heavy (non-hydrogen) atoms. The van der Waals surface area contributed by atoms with Crippen molar-refractivity contribution >= 4 is 42.6 Å². The van der Waals surface area contributed by atoms with Gasteiger partial charge in [-0.05, 0) is 24.2 Å². The molecule has 0 saturated heterocycles. The molecule has 0 atom stereocenters. The first-order valence-corrected chi connectivity index (χ1v) is 17.1. The molecule has 0 unspecified atom stereocenters. The summed E-state index contributed by atoms with van der Waals surface area (Å²) in [5, 5.41) is 4.42. The molecule has 0 heterocycles. The molecular weight excluding hydrogens is 474 g/mol. The predicted octanol–water partition coefficient (Wildman–Crippen LogP) is 9.30. The Hall–Kier alpha value is -0.0957.